The molecule has 0 saturated carbocycles. The smallest absolute Gasteiger partial charge is 0.234 e. The zero-order valence-electron chi connectivity index (χ0n) is 18.3. The van der Waals surface area contributed by atoms with E-state index >= 15 is 0 Å². The number of piperazine rings is 1. The molecule has 33 heavy (non-hydrogen) atoms. The van der Waals surface area contributed by atoms with E-state index in [4.69, 9.17) is 10.00 Å². The second kappa shape index (κ2) is 10.7. The summed E-state index contributed by atoms with van der Waals surface area (Å²) in [7, 11) is 1.67. The van der Waals surface area contributed by atoms with Crippen molar-refractivity contribution in [1.82, 2.24) is 9.97 Å². The maximum atomic E-state index is 12.3. The van der Waals surface area contributed by atoms with E-state index in [1.807, 2.05) is 18.2 Å². The van der Waals surface area contributed by atoms with Gasteiger partial charge >= 0.3 is 0 Å². The molecule has 9 heteroatoms. The normalized spacial score (nSPS) is 13.3. The number of aromatic nitrogens is 2. The molecule has 0 unspecified atom stereocenters. The van der Waals surface area contributed by atoms with Crippen LogP contribution in [0.3, 0.4) is 0 Å². The summed E-state index contributed by atoms with van der Waals surface area (Å²) in [6.07, 6.45) is 1.73. The van der Waals surface area contributed by atoms with Gasteiger partial charge in [-0.25, -0.2) is 9.97 Å². The number of nitrogens with one attached hydrogen (secondary N) is 1. The summed E-state index contributed by atoms with van der Waals surface area (Å²) >= 11 is 1.29. The quantitative estimate of drug-likeness (QED) is 0.423. The minimum absolute atomic E-state index is 0.169. The third kappa shape index (κ3) is 5.93. The third-order valence-corrected chi connectivity index (χ3v) is 6.13. The Morgan fingerprint density at radius 3 is 2.61 bits per heavy atom. The minimum atomic E-state index is -0.169. The van der Waals surface area contributed by atoms with Crippen molar-refractivity contribution < 1.29 is 9.53 Å². The molecule has 0 bridgehead atoms. The van der Waals surface area contributed by atoms with Gasteiger partial charge in [0.25, 0.3) is 0 Å². The van der Waals surface area contributed by atoms with Crippen molar-refractivity contribution in [2.24, 2.45) is 0 Å². The molecule has 1 saturated heterocycles. The molecule has 8 nitrogen and oxygen atoms in total. The number of anilines is 3. The first-order valence-electron chi connectivity index (χ1n) is 10.5. The largest absolute Gasteiger partial charge is 0.497 e. The van der Waals surface area contributed by atoms with Gasteiger partial charge in [0.15, 0.2) is 5.16 Å². The molecule has 0 aliphatic carbocycles. The van der Waals surface area contributed by atoms with Crippen molar-refractivity contribution in [3.8, 4) is 11.8 Å². The van der Waals surface area contributed by atoms with Gasteiger partial charge < -0.3 is 19.9 Å². The van der Waals surface area contributed by atoms with Gasteiger partial charge in [-0.15, -0.1) is 0 Å². The monoisotopic (exact) mass is 460 g/mol. The van der Waals surface area contributed by atoms with Crippen molar-refractivity contribution in [1.29, 1.82) is 5.26 Å². The van der Waals surface area contributed by atoms with E-state index < -0.39 is 0 Å². The summed E-state index contributed by atoms with van der Waals surface area (Å²) in [5, 5.41) is 12.3. The molecule has 1 N–H and O–H groups in total. The average molecular weight is 461 g/mol. The molecule has 2 heterocycles. The summed E-state index contributed by atoms with van der Waals surface area (Å²) in [4.78, 5) is 25.8. The molecule has 1 aliphatic heterocycles. The van der Waals surface area contributed by atoms with Gasteiger partial charge in [-0.1, -0.05) is 17.8 Å². The number of carbonyl (C=O) groups excluding carboxylic acids is 1. The van der Waals surface area contributed by atoms with Crippen LogP contribution in [-0.4, -0.2) is 54.9 Å². The van der Waals surface area contributed by atoms with E-state index in [9.17, 15) is 4.79 Å². The lowest BCUT2D eigenvalue weighted by molar-refractivity contribution is -0.113. The van der Waals surface area contributed by atoms with Gasteiger partial charge in [0.05, 0.1) is 24.5 Å². The Labute approximate surface area is 197 Å². The zero-order chi connectivity index (χ0) is 23.0. The summed E-state index contributed by atoms with van der Waals surface area (Å²) in [6.45, 7) is 3.48. The Morgan fingerprint density at radius 1 is 1.12 bits per heavy atom. The van der Waals surface area contributed by atoms with E-state index in [-0.39, 0.29) is 11.7 Å². The van der Waals surface area contributed by atoms with Crippen molar-refractivity contribution >= 4 is 34.9 Å². The van der Waals surface area contributed by atoms with E-state index in [2.05, 4.69) is 43.3 Å². The van der Waals surface area contributed by atoms with Crippen LogP contribution in [0.25, 0.3) is 0 Å². The van der Waals surface area contributed by atoms with Crippen molar-refractivity contribution in [3.63, 3.8) is 0 Å². The lowest BCUT2D eigenvalue weighted by atomic mass is 10.2. The van der Waals surface area contributed by atoms with Crippen LogP contribution in [0.15, 0.2) is 66.0 Å². The molecule has 4 rings (SSSR count). The molecular weight excluding hydrogens is 436 g/mol. The van der Waals surface area contributed by atoms with Crippen molar-refractivity contribution in [2.45, 2.75) is 5.16 Å². The molecular formula is C24H24N6O2S. The summed E-state index contributed by atoms with van der Waals surface area (Å²) < 4.78 is 5.24. The number of hydrogen-bond acceptors (Lipinski definition) is 8. The molecule has 1 fully saturated rings. The lowest BCUT2D eigenvalue weighted by Gasteiger charge is -2.36. The third-order valence-electron chi connectivity index (χ3n) is 5.27. The molecule has 168 valence electrons. The van der Waals surface area contributed by atoms with Gasteiger partial charge in [-0.3, -0.25) is 4.79 Å². The number of thioether (sulfide) groups is 1. The number of hydrogen-bond donors (Lipinski definition) is 1. The van der Waals surface area contributed by atoms with E-state index in [0.717, 1.165) is 37.7 Å². The number of rotatable bonds is 7. The highest BCUT2D eigenvalue weighted by Crippen LogP contribution is 2.23. The maximum absolute atomic E-state index is 12.3. The van der Waals surface area contributed by atoms with Crippen LogP contribution in [0, 0.1) is 11.3 Å². The summed E-state index contributed by atoms with van der Waals surface area (Å²) in [5.74, 6) is 1.74. The highest BCUT2D eigenvalue weighted by molar-refractivity contribution is 7.99. The molecule has 1 aliphatic rings. The fraction of sp³-hybridized carbons (Fsp3) is 0.250. The van der Waals surface area contributed by atoms with Crippen LogP contribution in [0.2, 0.25) is 0 Å². The van der Waals surface area contributed by atoms with Crippen LogP contribution in [0.1, 0.15) is 5.56 Å². The highest BCUT2D eigenvalue weighted by Gasteiger charge is 2.19. The minimum Gasteiger partial charge on any atom is -0.497 e. The van der Waals surface area contributed by atoms with Crippen LogP contribution < -0.4 is 19.9 Å². The number of nitrogens with zero attached hydrogens (tertiary/aromatic N) is 5. The molecule has 0 spiro atoms. The van der Waals surface area contributed by atoms with Crippen LogP contribution >= 0.6 is 11.8 Å². The Hall–Kier alpha value is -3.77. The van der Waals surface area contributed by atoms with E-state index in [0.29, 0.717) is 16.4 Å². The van der Waals surface area contributed by atoms with Gasteiger partial charge in [0.2, 0.25) is 5.91 Å². The van der Waals surface area contributed by atoms with Crippen molar-refractivity contribution in [3.05, 3.63) is 66.4 Å². The second-order valence-corrected chi connectivity index (χ2v) is 8.34. The second-order valence-electron chi connectivity index (χ2n) is 7.40. The number of ether oxygens (including phenoxy) is 1. The summed E-state index contributed by atoms with van der Waals surface area (Å²) in [5.41, 5.74) is 2.29. The first kappa shape index (κ1) is 22.4. The fourth-order valence-corrected chi connectivity index (χ4v) is 4.18. The van der Waals surface area contributed by atoms with Gasteiger partial charge in [0, 0.05) is 43.8 Å². The first-order chi connectivity index (χ1) is 16.1. The molecule has 0 radical (unpaired) electrons. The molecule has 3 aromatic rings. The van der Waals surface area contributed by atoms with Gasteiger partial charge in [0.1, 0.15) is 11.6 Å². The van der Waals surface area contributed by atoms with Crippen LogP contribution in [-0.2, 0) is 4.79 Å². The molecule has 1 aromatic heterocycles. The molecule has 2 aromatic carbocycles. The SMILES string of the molecule is COc1ccc(N2CCN(c3ccnc(SCC(=O)Nc4cccc(C#N)c4)n3)CC2)cc1. The van der Waals surface area contributed by atoms with Gasteiger partial charge in [-0.05, 0) is 48.5 Å². The highest BCUT2D eigenvalue weighted by atomic mass is 32.2. The predicted molar refractivity (Wildman–Crippen MR) is 130 cm³/mol. The lowest BCUT2D eigenvalue weighted by Crippen LogP contribution is -2.46. The maximum Gasteiger partial charge on any atom is 0.234 e. The standard InChI is InChI=1S/C24H24N6O2S/c1-32-21-7-5-20(6-8-21)29-11-13-30(14-12-29)22-9-10-26-24(28-22)33-17-23(31)27-19-4-2-3-18(15-19)16-25/h2-10,15H,11-14,17H2,1H3,(H,27,31). The first-order valence-corrected chi connectivity index (χ1v) is 11.5. The number of amides is 1. The topological polar surface area (TPSA) is 94.4 Å². The molecule has 0 atom stereocenters. The predicted octanol–water partition coefficient (Wildman–Crippen LogP) is 3.41. The van der Waals surface area contributed by atoms with E-state index in [1.165, 1.54) is 17.4 Å². The Bertz CT molecular complexity index is 1140. The Balaban J connectivity index is 1.29. The zero-order valence-corrected chi connectivity index (χ0v) is 19.1. The number of benzene rings is 2. The molecule has 1 amide bonds. The Morgan fingerprint density at radius 2 is 1.88 bits per heavy atom. The van der Waals surface area contributed by atoms with Crippen LogP contribution in [0.5, 0.6) is 5.75 Å². The summed E-state index contributed by atoms with van der Waals surface area (Å²) in [6, 6.07) is 18.9. The Kier molecular flexibility index (Phi) is 7.27. The van der Waals surface area contributed by atoms with Crippen LogP contribution in [0.4, 0.5) is 17.2 Å². The number of carbonyl (C=O) groups is 1. The number of methoxy groups -OCH3 is 1. The van der Waals surface area contributed by atoms with Crippen molar-refractivity contribution in [2.75, 3.05) is 54.2 Å². The number of nitriles is 1. The average Bonchev–Trinajstić information content (AvgIpc) is 2.88. The van der Waals surface area contributed by atoms with E-state index in [1.54, 1.807) is 37.6 Å². The van der Waals surface area contributed by atoms with Gasteiger partial charge in [-0.2, -0.15) is 5.26 Å². The fourth-order valence-electron chi connectivity index (χ4n) is 3.56.